The molecule has 5 heteroatoms. The Morgan fingerprint density at radius 1 is 1.50 bits per heavy atom. The SMILES string of the molecule is C=C1C(=O)OC2C1CCC1(C)C(O)CCC(=COC(C)=O)C21. The molecule has 0 aromatic rings. The average Bonchev–Trinajstić information content (AvgIpc) is 2.74. The molecule has 5 atom stereocenters. The van der Waals surface area contributed by atoms with Crippen LogP contribution in [0.5, 0.6) is 0 Å². The fourth-order valence-corrected chi connectivity index (χ4v) is 4.36. The Labute approximate surface area is 130 Å². The van der Waals surface area contributed by atoms with Gasteiger partial charge in [-0.15, -0.1) is 0 Å². The summed E-state index contributed by atoms with van der Waals surface area (Å²) in [5.74, 6) is -0.846. The second-order valence-electron chi connectivity index (χ2n) is 6.88. The van der Waals surface area contributed by atoms with Crippen molar-refractivity contribution in [2.45, 2.75) is 51.7 Å². The van der Waals surface area contributed by atoms with Crippen LogP contribution >= 0.6 is 0 Å². The summed E-state index contributed by atoms with van der Waals surface area (Å²) in [4.78, 5) is 23.0. The van der Waals surface area contributed by atoms with Crippen molar-refractivity contribution in [3.05, 3.63) is 24.0 Å². The number of carbonyl (C=O) groups excluding carboxylic acids is 2. The van der Waals surface area contributed by atoms with Gasteiger partial charge in [0.05, 0.1) is 12.4 Å². The van der Waals surface area contributed by atoms with Crippen molar-refractivity contribution in [2.24, 2.45) is 17.3 Å². The Kier molecular flexibility index (Phi) is 3.63. The molecule has 0 aromatic carbocycles. The predicted molar refractivity (Wildman–Crippen MR) is 78.4 cm³/mol. The lowest BCUT2D eigenvalue weighted by Crippen LogP contribution is -2.53. The maximum Gasteiger partial charge on any atom is 0.334 e. The molecule has 120 valence electrons. The van der Waals surface area contributed by atoms with Crippen LogP contribution in [-0.2, 0) is 19.1 Å². The van der Waals surface area contributed by atoms with Gasteiger partial charge in [-0.25, -0.2) is 4.79 Å². The summed E-state index contributed by atoms with van der Waals surface area (Å²) in [6, 6.07) is 0. The number of aliphatic hydroxyl groups is 1. The van der Waals surface area contributed by atoms with Gasteiger partial charge in [-0.3, -0.25) is 4.79 Å². The van der Waals surface area contributed by atoms with E-state index in [1.54, 1.807) is 0 Å². The van der Waals surface area contributed by atoms with E-state index in [9.17, 15) is 14.7 Å². The Bertz CT molecular complexity index is 563. The summed E-state index contributed by atoms with van der Waals surface area (Å²) >= 11 is 0. The number of carbonyl (C=O) groups is 2. The second-order valence-corrected chi connectivity index (χ2v) is 6.88. The zero-order chi connectivity index (χ0) is 16.1. The highest BCUT2D eigenvalue weighted by molar-refractivity contribution is 5.91. The molecule has 0 amide bonds. The molecule has 1 saturated heterocycles. The van der Waals surface area contributed by atoms with Gasteiger partial charge in [0.25, 0.3) is 0 Å². The number of fused-ring (bicyclic) bond motifs is 3. The van der Waals surface area contributed by atoms with Gasteiger partial charge in [-0.2, -0.15) is 0 Å². The van der Waals surface area contributed by atoms with Gasteiger partial charge in [-0.05, 0) is 31.3 Å². The van der Waals surface area contributed by atoms with Crippen molar-refractivity contribution in [2.75, 3.05) is 0 Å². The standard InChI is InChI=1S/C17H22O5/c1-9-12-6-7-17(3)13(19)5-4-11(8-21-10(2)18)14(17)15(12)22-16(9)20/h8,12-15,19H,1,4-7H2,2-3H3. The molecular weight excluding hydrogens is 284 g/mol. The van der Waals surface area contributed by atoms with E-state index in [4.69, 9.17) is 9.47 Å². The monoisotopic (exact) mass is 306 g/mol. The van der Waals surface area contributed by atoms with E-state index in [2.05, 4.69) is 6.58 Å². The minimum Gasteiger partial charge on any atom is -0.458 e. The van der Waals surface area contributed by atoms with E-state index in [0.29, 0.717) is 18.4 Å². The fraction of sp³-hybridized carbons (Fsp3) is 0.647. The quantitative estimate of drug-likeness (QED) is 0.456. The van der Waals surface area contributed by atoms with Gasteiger partial charge in [-0.1, -0.05) is 13.5 Å². The van der Waals surface area contributed by atoms with Crippen LogP contribution in [0.1, 0.15) is 39.5 Å². The maximum atomic E-state index is 11.9. The summed E-state index contributed by atoms with van der Waals surface area (Å²) in [7, 11) is 0. The van der Waals surface area contributed by atoms with Crippen molar-refractivity contribution in [3.8, 4) is 0 Å². The molecule has 5 unspecified atom stereocenters. The van der Waals surface area contributed by atoms with E-state index in [0.717, 1.165) is 18.4 Å². The summed E-state index contributed by atoms with van der Waals surface area (Å²) in [5.41, 5.74) is 1.11. The number of hydrogen-bond donors (Lipinski definition) is 1. The smallest absolute Gasteiger partial charge is 0.334 e. The molecule has 0 radical (unpaired) electrons. The van der Waals surface area contributed by atoms with E-state index >= 15 is 0 Å². The van der Waals surface area contributed by atoms with Crippen molar-refractivity contribution in [1.29, 1.82) is 0 Å². The third-order valence-electron chi connectivity index (χ3n) is 5.63. The summed E-state index contributed by atoms with van der Waals surface area (Å²) in [5, 5.41) is 10.5. The second kappa shape index (κ2) is 5.23. The molecule has 5 nitrogen and oxygen atoms in total. The van der Waals surface area contributed by atoms with Crippen LogP contribution in [0.3, 0.4) is 0 Å². The van der Waals surface area contributed by atoms with E-state index in [-0.39, 0.29) is 35.3 Å². The highest BCUT2D eigenvalue weighted by Crippen LogP contribution is 2.57. The van der Waals surface area contributed by atoms with Crippen LogP contribution in [0.25, 0.3) is 0 Å². The average molecular weight is 306 g/mol. The first-order chi connectivity index (χ1) is 10.3. The number of rotatable bonds is 1. The minimum absolute atomic E-state index is 0.00315. The normalized spacial score (nSPS) is 42.6. The molecule has 2 saturated carbocycles. The lowest BCUT2D eigenvalue weighted by molar-refractivity contribution is -0.151. The van der Waals surface area contributed by atoms with Crippen LogP contribution in [-0.4, -0.2) is 29.3 Å². The van der Waals surface area contributed by atoms with Crippen LogP contribution in [0, 0.1) is 17.3 Å². The van der Waals surface area contributed by atoms with Gasteiger partial charge in [0.15, 0.2) is 0 Å². The van der Waals surface area contributed by atoms with Crippen molar-refractivity contribution in [1.82, 2.24) is 0 Å². The van der Waals surface area contributed by atoms with Crippen molar-refractivity contribution < 1.29 is 24.2 Å². The van der Waals surface area contributed by atoms with E-state index in [1.807, 2.05) is 6.92 Å². The Morgan fingerprint density at radius 2 is 2.23 bits per heavy atom. The molecule has 0 spiro atoms. The highest BCUT2D eigenvalue weighted by Gasteiger charge is 2.58. The van der Waals surface area contributed by atoms with Gasteiger partial charge in [0, 0.05) is 29.7 Å². The first-order valence-corrected chi connectivity index (χ1v) is 7.78. The summed E-state index contributed by atoms with van der Waals surface area (Å²) in [6.45, 7) is 7.25. The van der Waals surface area contributed by atoms with E-state index in [1.165, 1.54) is 13.2 Å². The number of esters is 2. The van der Waals surface area contributed by atoms with Gasteiger partial charge < -0.3 is 14.6 Å². The predicted octanol–water partition coefficient (Wildman–Crippen LogP) is 2.10. The molecule has 1 heterocycles. The number of hydrogen-bond acceptors (Lipinski definition) is 5. The van der Waals surface area contributed by atoms with Crippen LogP contribution in [0.15, 0.2) is 24.0 Å². The van der Waals surface area contributed by atoms with Crippen LogP contribution in [0.4, 0.5) is 0 Å². The van der Waals surface area contributed by atoms with Gasteiger partial charge in [0.1, 0.15) is 6.10 Å². The molecule has 22 heavy (non-hydrogen) atoms. The molecule has 2 aliphatic carbocycles. The van der Waals surface area contributed by atoms with E-state index < -0.39 is 6.10 Å². The first-order valence-electron chi connectivity index (χ1n) is 7.78. The van der Waals surface area contributed by atoms with Gasteiger partial charge >= 0.3 is 11.9 Å². The molecule has 0 bridgehead atoms. The Hall–Kier alpha value is -1.62. The molecular formula is C17H22O5. The number of aliphatic hydroxyl groups excluding tert-OH is 1. The van der Waals surface area contributed by atoms with Crippen molar-refractivity contribution in [3.63, 3.8) is 0 Å². The lowest BCUT2D eigenvalue weighted by Gasteiger charge is -2.52. The highest BCUT2D eigenvalue weighted by atomic mass is 16.6. The molecule has 1 aliphatic heterocycles. The third kappa shape index (κ3) is 2.19. The van der Waals surface area contributed by atoms with Crippen LogP contribution < -0.4 is 0 Å². The largest absolute Gasteiger partial charge is 0.458 e. The number of ether oxygens (including phenoxy) is 2. The minimum atomic E-state index is -0.444. The molecule has 3 fully saturated rings. The third-order valence-corrected chi connectivity index (χ3v) is 5.63. The summed E-state index contributed by atoms with van der Waals surface area (Å²) < 4.78 is 10.6. The molecule has 0 aromatic heterocycles. The molecule has 1 N–H and O–H groups in total. The topological polar surface area (TPSA) is 72.8 Å². The Balaban J connectivity index is 1.98. The van der Waals surface area contributed by atoms with Crippen molar-refractivity contribution >= 4 is 11.9 Å². The zero-order valence-electron chi connectivity index (χ0n) is 13.0. The lowest BCUT2D eigenvalue weighted by atomic mass is 9.54. The Morgan fingerprint density at radius 3 is 2.91 bits per heavy atom. The first kappa shape index (κ1) is 15.3. The summed E-state index contributed by atoms with van der Waals surface area (Å²) in [6.07, 6.45) is 3.60. The zero-order valence-corrected chi connectivity index (χ0v) is 13.0. The molecule has 3 rings (SSSR count). The van der Waals surface area contributed by atoms with Crippen LogP contribution in [0.2, 0.25) is 0 Å². The molecule has 3 aliphatic rings. The maximum absolute atomic E-state index is 11.9. The fourth-order valence-electron chi connectivity index (χ4n) is 4.36. The van der Waals surface area contributed by atoms with Gasteiger partial charge in [0.2, 0.25) is 0 Å².